The van der Waals surface area contributed by atoms with E-state index in [1.54, 1.807) is 9.20 Å². The molecule has 0 unspecified atom stereocenters. The lowest BCUT2D eigenvalue weighted by Gasteiger charge is -2.10. The Labute approximate surface area is 140 Å². The van der Waals surface area contributed by atoms with E-state index in [0.29, 0.717) is 22.9 Å². The van der Waals surface area contributed by atoms with E-state index in [0.717, 1.165) is 24.7 Å². The first-order chi connectivity index (χ1) is 11.6. The number of hydrogen-bond acceptors (Lipinski definition) is 5. The second kappa shape index (κ2) is 5.64. The Bertz CT molecular complexity index is 964. The van der Waals surface area contributed by atoms with Gasteiger partial charge in [0.15, 0.2) is 5.65 Å². The number of aryl methyl sites for hydroxylation is 2. The Morgan fingerprint density at radius 3 is 2.67 bits per heavy atom. The summed E-state index contributed by atoms with van der Waals surface area (Å²) in [6, 6.07) is 3.68. The molecule has 0 amide bonds. The van der Waals surface area contributed by atoms with E-state index in [-0.39, 0.29) is 0 Å². The van der Waals surface area contributed by atoms with Gasteiger partial charge >= 0.3 is 0 Å². The molecule has 1 aliphatic heterocycles. The molecule has 1 fully saturated rings. The Balaban J connectivity index is 1.65. The number of anilines is 1. The largest absolute Gasteiger partial charge is 0.340 e. The molecule has 0 atom stereocenters. The smallest absolute Gasteiger partial charge is 0.245 e. The lowest BCUT2D eigenvalue weighted by Crippen LogP contribution is -2.19. The Morgan fingerprint density at radius 2 is 1.88 bits per heavy atom. The van der Waals surface area contributed by atoms with Crippen LogP contribution in [0.1, 0.15) is 35.7 Å². The van der Waals surface area contributed by atoms with Gasteiger partial charge in [-0.3, -0.25) is 0 Å². The third kappa shape index (κ3) is 2.50. The first-order valence-corrected chi connectivity index (χ1v) is 7.92. The van der Waals surface area contributed by atoms with Gasteiger partial charge in [0.1, 0.15) is 5.69 Å². The molecule has 120 valence electrons. The summed E-state index contributed by atoms with van der Waals surface area (Å²) < 4.78 is 3.31. The zero-order chi connectivity index (χ0) is 16.7. The van der Waals surface area contributed by atoms with Crippen LogP contribution in [0.5, 0.6) is 0 Å². The number of imidazole rings is 1. The molecular weight excluding hydrogens is 302 g/mol. The predicted octanol–water partition coefficient (Wildman–Crippen LogP) is 1.23. The van der Waals surface area contributed by atoms with E-state index in [2.05, 4.69) is 36.9 Å². The summed E-state index contributed by atoms with van der Waals surface area (Å²) in [6.45, 7) is 9.84. The summed E-state index contributed by atoms with van der Waals surface area (Å²) >= 11 is 0. The predicted molar refractivity (Wildman–Crippen MR) is 89.6 cm³/mol. The first kappa shape index (κ1) is 14.7. The maximum atomic E-state index is 5.97. The highest BCUT2D eigenvalue weighted by Crippen LogP contribution is 2.15. The maximum absolute atomic E-state index is 5.97. The van der Waals surface area contributed by atoms with E-state index in [9.17, 15) is 0 Å². The van der Waals surface area contributed by atoms with Crippen LogP contribution in [-0.2, 0) is 7.05 Å². The van der Waals surface area contributed by atoms with Gasteiger partial charge in [-0.25, -0.2) is 14.2 Å². The van der Waals surface area contributed by atoms with Gasteiger partial charge in [-0.15, -0.1) is 5.10 Å². The molecule has 2 radical (unpaired) electrons. The summed E-state index contributed by atoms with van der Waals surface area (Å²) in [6.07, 6.45) is 2.38. The van der Waals surface area contributed by atoms with E-state index < -0.39 is 0 Å². The first-order valence-electron chi connectivity index (χ1n) is 7.92. The standard InChI is InChI=1S/C17H17N7/c1-12-13(2)24-16(18-12)9-7-14(20-24)6-8-15-19-17(21-22(15)3)23-10-4-5-11-23/h2,7,9H,4-5,10-11H2,1,3H3. The molecule has 4 rings (SSSR count). The van der Waals surface area contributed by atoms with Crippen LogP contribution in [0, 0.1) is 25.7 Å². The van der Waals surface area contributed by atoms with E-state index in [1.807, 2.05) is 26.1 Å². The van der Waals surface area contributed by atoms with Crippen LogP contribution >= 0.6 is 0 Å². The van der Waals surface area contributed by atoms with Crippen molar-refractivity contribution in [3.63, 3.8) is 0 Å². The molecule has 7 nitrogen and oxygen atoms in total. The Hall–Kier alpha value is -2.88. The van der Waals surface area contributed by atoms with Crippen molar-refractivity contribution in [3.05, 3.63) is 42.0 Å². The Morgan fingerprint density at radius 1 is 1.08 bits per heavy atom. The number of fused-ring (bicyclic) bond motifs is 1. The van der Waals surface area contributed by atoms with Crippen LogP contribution in [0.25, 0.3) is 5.65 Å². The maximum Gasteiger partial charge on any atom is 0.245 e. The number of rotatable bonds is 1. The van der Waals surface area contributed by atoms with Gasteiger partial charge in [0.05, 0.1) is 11.4 Å². The van der Waals surface area contributed by atoms with E-state index in [1.165, 1.54) is 12.8 Å². The summed E-state index contributed by atoms with van der Waals surface area (Å²) in [5.41, 5.74) is 2.61. The van der Waals surface area contributed by atoms with Crippen LogP contribution in [0.15, 0.2) is 12.1 Å². The highest BCUT2D eigenvalue weighted by Gasteiger charge is 2.17. The summed E-state index contributed by atoms with van der Waals surface area (Å²) in [4.78, 5) is 11.0. The summed E-state index contributed by atoms with van der Waals surface area (Å²) in [5.74, 6) is 7.43. The van der Waals surface area contributed by atoms with E-state index in [4.69, 9.17) is 6.92 Å². The van der Waals surface area contributed by atoms with Crippen molar-refractivity contribution < 1.29 is 0 Å². The van der Waals surface area contributed by atoms with Gasteiger partial charge in [0, 0.05) is 27.1 Å². The molecule has 4 heterocycles. The summed E-state index contributed by atoms with van der Waals surface area (Å²) in [7, 11) is 1.85. The number of nitrogens with zero attached hydrogens (tertiary/aromatic N) is 7. The van der Waals surface area contributed by atoms with Crippen LogP contribution in [-0.4, -0.2) is 42.5 Å². The quantitative estimate of drug-likeness (QED) is 0.631. The molecule has 0 spiro atoms. The topological polar surface area (TPSA) is 64.1 Å². The zero-order valence-corrected chi connectivity index (χ0v) is 13.7. The second-order valence-corrected chi connectivity index (χ2v) is 5.87. The lowest BCUT2D eigenvalue weighted by atomic mass is 10.4. The van der Waals surface area contributed by atoms with Crippen LogP contribution in [0.2, 0.25) is 0 Å². The van der Waals surface area contributed by atoms with Crippen molar-refractivity contribution >= 4 is 11.6 Å². The van der Waals surface area contributed by atoms with Gasteiger partial charge in [0.2, 0.25) is 11.8 Å². The second-order valence-electron chi connectivity index (χ2n) is 5.87. The van der Waals surface area contributed by atoms with Gasteiger partial charge in [-0.05, 0) is 43.7 Å². The van der Waals surface area contributed by atoms with Crippen molar-refractivity contribution in [2.24, 2.45) is 7.05 Å². The van der Waals surface area contributed by atoms with Gasteiger partial charge < -0.3 is 4.90 Å². The van der Waals surface area contributed by atoms with Crippen LogP contribution in [0.3, 0.4) is 0 Å². The highest BCUT2D eigenvalue weighted by molar-refractivity contribution is 5.45. The monoisotopic (exact) mass is 319 g/mol. The fraction of sp³-hybridized carbons (Fsp3) is 0.353. The minimum absolute atomic E-state index is 0.531. The molecule has 0 saturated carbocycles. The minimum atomic E-state index is 0.531. The molecule has 3 aromatic rings. The van der Waals surface area contributed by atoms with Gasteiger partial charge in [-0.2, -0.15) is 10.1 Å². The molecule has 3 aromatic heterocycles. The molecule has 1 aliphatic rings. The van der Waals surface area contributed by atoms with Crippen molar-refractivity contribution in [3.8, 4) is 11.8 Å². The number of aromatic nitrogens is 6. The van der Waals surface area contributed by atoms with Crippen molar-refractivity contribution in [2.75, 3.05) is 18.0 Å². The molecular formula is C17H17N7. The van der Waals surface area contributed by atoms with Crippen molar-refractivity contribution in [2.45, 2.75) is 19.8 Å². The fourth-order valence-corrected chi connectivity index (χ4v) is 2.78. The van der Waals surface area contributed by atoms with Gasteiger partial charge in [-0.1, -0.05) is 0 Å². The zero-order valence-electron chi connectivity index (χ0n) is 13.7. The molecule has 7 heteroatoms. The van der Waals surface area contributed by atoms with Crippen LogP contribution < -0.4 is 4.90 Å². The normalized spacial score (nSPS) is 14.2. The molecule has 0 aromatic carbocycles. The molecule has 0 bridgehead atoms. The fourth-order valence-electron chi connectivity index (χ4n) is 2.78. The van der Waals surface area contributed by atoms with Crippen LogP contribution in [0.4, 0.5) is 5.95 Å². The van der Waals surface area contributed by atoms with Crippen molar-refractivity contribution in [1.82, 2.24) is 29.4 Å². The molecule has 0 N–H and O–H groups in total. The summed E-state index contributed by atoms with van der Waals surface area (Å²) in [5, 5.41) is 8.86. The average Bonchev–Trinajstić information content (AvgIpc) is 3.27. The third-order valence-corrected chi connectivity index (χ3v) is 4.14. The van der Waals surface area contributed by atoms with Crippen molar-refractivity contribution in [1.29, 1.82) is 0 Å². The molecule has 1 saturated heterocycles. The lowest BCUT2D eigenvalue weighted by molar-refractivity contribution is 0.745. The average molecular weight is 319 g/mol. The third-order valence-electron chi connectivity index (χ3n) is 4.14. The van der Waals surface area contributed by atoms with E-state index >= 15 is 0 Å². The minimum Gasteiger partial charge on any atom is -0.340 e. The molecule has 24 heavy (non-hydrogen) atoms. The molecule has 0 aliphatic carbocycles. The SMILES string of the molecule is [CH]c1c(C)nc2ccc(C#Cc3nc(N4CCCC4)nn3C)nn12. The van der Waals surface area contributed by atoms with Gasteiger partial charge in [0.25, 0.3) is 0 Å². The highest BCUT2D eigenvalue weighted by atomic mass is 15.4. The Kier molecular flexibility index (Phi) is 3.45. The number of hydrogen-bond donors (Lipinski definition) is 0.